The van der Waals surface area contributed by atoms with Crippen molar-refractivity contribution in [2.75, 3.05) is 42.6 Å². The fourth-order valence-corrected chi connectivity index (χ4v) is 3.43. The Bertz CT molecular complexity index is 867. The van der Waals surface area contributed by atoms with Crippen molar-refractivity contribution in [2.45, 2.75) is 13.8 Å². The third-order valence-electron chi connectivity index (χ3n) is 4.58. The van der Waals surface area contributed by atoms with Crippen LogP contribution in [-0.2, 0) is 0 Å². The number of hydrogen-bond acceptors (Lipinski definition) is 5. The topological polar surface area (TPSA) is 57.3 Å². The highest BCUT2D eigenvalue weighted by molar-refractivity contribution is 5.86. The summed E-state index contributed by atoms with van der Waals surface area (Å²) < 4.78 is 5.78. The average Bonchev–Trinajstić information content (AvgIpc) is 3.10. The lowest BCUT2D eigenvalue weighted by molar-refractivity contribution is 0.340. The van der Waals surface area contributed by atoms with E-state index in [1.807, 2.05) is 38.2 Å². The Morgan fingerprint density at radius 2 is 1.80 bits per heavy atom. The van der Waals surface area contributed by atoms with Gasteiger partial charge in [0.05, 0.1) is 17.8 Å². The molecule has 0 saturated carbocycles. The number of H-pyrrole nitrogens is 1. The molecule has 0 spiro atoms. The summed E-state index contributed by atoms with van der Waals surface area (Å²) in [7, 11) is 0. The lowest BCUT2D eigenvalue weighted by Gasteiger charge is -2.37. The quantitative estimate of drug-likeness (QED) is 0.793. The molecular weight excluding hydrogens is 314 g/mol. The van der Waals surface area contributed by atoms with E-state index in [1.54, 1.807) is 0 Å². The Balaban J connectivity index is 1.54. The fourth-order valence-electron chi connectivity index (χ4n) is 3.43. The van der Waals surface area contributed by atoms with E-state index in [4.69, 9.17) is 4.74 Å². The maximum absolute atomic E-state index is 5.78. The molecule has 4 rings (SSSR count). The number of ether oxygens (including phenoxy) is 1. The highest BCUT2D eigenvalue weighted by Crippen LogP contribution is 2.30. The van der Waals surface area contributed by atoms with Crippen molar-refractivity contribution >= 4 is 22.5 Å². The zero-order valence-corrected chi connectivity index (χ0v) is 14.7. The first kappa shape index (κ1) is 15.7. The summed E-state index contributed by atoms with van der Waals surface area (Å²) in [6.45, 7) is 8.38. The maximum atomic E-state index is 5.78. The zero-order valence-electron chi connectivity index (χ0n) is 14.7. The summed E-state index contributed by atoms with van der Waals surface area (Å²) >= 11 is 0. The van der Waals surface area contributed by atoms with Gasteiger partial charge in [-0.25, -0.2) is 9.97 Å². The summed E-state index contributed by atoms with van der Waals surface area (Å²) in [6.07, 6.45) is 1.93. The Labute approximate surface area is 147 Å². The van der Waals surface area contributed by atoms with Gasteiger partial charge in [0.25, 0.3) is 0 Å². The summed E-state index contributed by atoms with van der Waals surface area (Å²) in [5, 5.41) is 0. The molecule has 1 aliphatic rings. The van der Waals surface area contributed by atoms with Gasteiger partial charge in [0.1, 0.15) is 17.1 Å². The van der Waals surface area contributed by atoms with E-state index < -0.39 is 0 Å². The Morgan fingerprint density at radius 3 is 2.60 bits per heavy atom. The van der Waals surface area contributed by atoms with Crippen LogP contribution < -0.4 is 14.5 Å². The standard InChI is InChI=1S/C19H23N5O/c1-3-25-17-7-5-4-6-16(17)23-10-12-24(13-11-23)19-18-15(8-9-20-18)21-14(2)22-19/h4-9,20H,3,10-13H2,1-2H3. The molecule has 1 N–H and O–H groups in total. The predicted molar refractivity (Wildman–Crippen MR) is 101 cm³/mol. The molecule has 0 bridgehead atoms. The number of fused-ring (bicyclic) bond motifs is 1. The molecule has 6 nitrogen and oxygen atoms in total. The molecule has 130 valence electrons. The molecule has 25 heavy (non-hydrogen) atoms. The molecule has 3 aromatic rings. The van der Waals surface area contributed by atoms with E-state index in [0.29, 0.717) is 6.61 Å². The van der Waals surface area contributed by atoms with Gasteiger partial charge >= 0.3 is 0 Å². The van der Waals surface area contributed by atoms with Crippen LogP contribution >= 0.6 is 0 Å². The van der Waals surface area contributed by atoms with Crippen LogP contribution in [-0.4, -0.2) is 47.7 Å². The lowest BCUT2D eigenvalue weighted by atomic mass is 10.2. The van der Waals surface area contributed by atoms with Gasteiger partial charge in [-0.2, -0.15) is 0 Å². The summed E-state index contributed by atoms with van der Waals surface area (Å²) in [6, 6.07) is 10.3. The minimum atomic E-state index is 0.683. The van der Waals surface area contributed by atoms with Crippen LogP contribution in [0.25, 0.3) is 11.0 Å². The predicted octanol–water partition coefficient (Wildman–Crippen LogP) is 2.99. The molecule has 0 unspecified atom stereocenters. The molecule has 1 fully saturated rings. The number of nitrogens with zero attached hydrogens (tertiary/aromatic N) is 4. The number of rotatable bonds is 4. The van der Waals surface area contributed by atoms with Crippen LogP contribution in [0, 0.1) is 6.92 Å². The van der Waals surface area contributed by atoms with Crippen molar-refractivity contribution in [3.05, 3.63) is 42.4 Å². The van der Waals surface area contributed by atoms with E-state index in [-0.39, 0.29) is 0 Å². The van der Waals surface area contributed by atoms with E-state index in [9.17, 15) is 0 Å². The molecule has 0 aliphatic carbocycles. The minimum Gasteiger partial charge on any atom is -0.492 e. The number of nitrogens with one attached hydrogen (secondary N) is 1. The minimum absolute atomic E-state index is 0.683. The third kappa shape index (κ3) is 2.99. The van der Waals surface area contributed by atoms with Crippen LogP contribution in [0.4, 0.5) is 11.5 Å². The second-order valence-electron chi connectivity index (χ2n) is 6.21. The van der Waals surface area contributed by atoms with Gasteiger partial charge in [0, 0.05) is 32.4 Å². The van der Waals surface area contributed by atoms with Gasteiger partial charge < -0.3 is 19.5 Å². The van der Waals surface area contributed by atoms with Crippen LogP contribution in [0.5, 0.6) is 5.75 Å². The molecule has 1 aromatic carbocycles. The summed E-state index contributed by atoms with van der Waals surface area (Å²) in [4.78, 5) is 17.2. The molecular formula is C19H23N5O. The third-order valence-corrected chi connectivity index (χ3v) is 4.58. The smallest absolute Gasteiger partial charge is 0.156 e. The zero-order chi connectivity index (χ0) is 17.2. The van der Waals surface area contributed by atoms with E-state index in [2.05, 4.69) is 36.9 Å². The van der Waals surface area contributed by atoms with Crippen molar-refractivity contribution in [2.24, 2.45) is 0 Å². The number of aromatic nitrogens is 3. The van der Waals surface area contributed by atoms with Crippen molar-refractivity contribution in [3.63, 3.8) is 0 Å². The Kier molecular flexibility index (Phi) is 4.17. The summed E-state index contributed by atoms with van der Waals surface area (Å²) in [5.41, 5.74) is 3.17. The summed E-state index contributed by atoms with van der Waals surface area (Å²) in [5.74, 6) is 2.78. The lowest BCUT2D eigenvalue weighted by Crippen LogP contribution is -2.47. The van der Waals surface area contributed by atoms with Crippen LogP contribution in [0.2, 0.25) is 0 Å². The van der Waals surface area contributed by atoms with Gasteiger partial charge in [-0.15, -0.1) is 0 Å². The van der Waals surface area contributed by atoms with Crippen LogP contribution in [0.3, 0.4) is 0 Å². The SMILES string of the molecule is CCOc1ccccc1N1CCN(c2nc(C)nc3cc[nH]c23)CC1. The van der Waals surface area contributed by atoms with E-state index in [1.165, 1.54) is 5.69 Å². The number of piperazine rings is 1. The van der Waals surface area contributed by atoms with E-state index in [0.717, 1.165) is 54.6 Å². The number of para-hydroxylation sites is 2. The number of aryl methyl sites for hydroxylation is 1. The first-order chi connectivity index (χ1) is 12.3. The molecule has 6 heteroatoms. The van der Waals surface area contributed by atoms with Gasteiger partial charge in [-0.1, -0.05) is 12.1 Å². The first-order valence-electron chi connectivity index (χ1n) is 8.79. The van der Waals surface area contributed by atoms with Crippen molar-refractivity contribution < 1.29 is 4.74 Å². The molecule has 1 saturated heterocycles. The molecule has 0 amide bonds. The van der Waals surface area contributed by atoms with Crippen molar-refractivity contribution in [1.29, 1.82) is 0 Å². The van der Waals surface area contributed by atoms with Gasteiger partial charge in [-0.05, 0) is 32.0 Å². The second-order valence-corrected chi connectivity index (χ2v) is 6.21. The largest absolute Gasteiger partial charge is 0.492 e. The molecule has 0 radical (unpaired) electrons. The molecule has 0 atom stereocenters. The Morgan fingerprint density at radius 1 is 1.04 bits per heavy atom. The first-order valence-corrected chi connectivity index (χ1v) is 8.79. The fraction of sp³-hybridized carbons (Fsp3) is 0.368. The Hall–Kier alpha value is -2.76. The number of anilines is 2. The van der Waals surface area contributed by atoms with E-state index >= 15 is 0 Å². The van der Waals surface area contributed by atoms with Crippen molar-refractivity contribution in [3.8, 4) is 5.75 Å². The van der Waals surface area contributed by atoms with Crippen molar-refractivity contribution in [1.82, 2.24) is 15.0 Å². The van der Waals surface area contributed by atoms with Crippen LogP contribution in [0.1, 0.15) is 12.7 Å². The highest BCUT2D eigenvalue weighted by Gasteiger charge is 2.22. The number of hydrogen-bond donors (Lipinski definition) is 1. The normalized spacial score (nSPS) is 15.0. The monoisotopic (exact) mass is 337 g/mol. The number of aromatic amines is 1. The molecule has 2 aromatic heterocycles. The second kappa shape index (κ2) is 6.63. The number of benzene rings is 1. The van der Waals surface area contributed by atoms with Crippen LogP contribution in [0.15, 0.2) is 36.5 Å². The van der Waals surface area contributed by atoms with Gasteiger partial charge in [0.15, 0.2) is 5.82 Å². The maximum Gasteiger partial charge on any atom is 0.156 e. The highest BCUT2D eigenvalue weighted by atomic mass is 16.5. The van der Waals surface area contributed by atoms with Gasteiger partial charge in [-0.3, -0.25) is 0 Å². The van der Waals surface area contributed by atoms with Gasteiger partial charge in [0.2, 0.25) is 0 Å². The average molecular weight is 337 g/mol. The molecule has 1 aliphatic heterocycles. The molecule has 3 heterocycles.